The van der Waals surface area contributed by atoms with Gasteiger partial charge in [-0.1, -0.05) is 13.8 Å². The lowest BCUT2D eigenvalue weighted by molar-refractivity contribution is 0.181. The van der Waals surface area contributed by atoms with Crippen molar-refractivity contribution in [1.82, 2.24) is 10.3 Å². The molecule has 1 aliphatic heterocycles. The third-order valence-electron chi connectivity index (χ3n) is 4.61. The van der Waals surface area contributed by atoms with E-state index in [9.17, 15) is 0 Å². The minimum absolute atomic E-state index is 0.625. The average Bonchev–Trinajstić information content (AvgIpc) is 3.00. The molecule has 2 fully saturated rings. The molecule has 1 atom stereocenters. The molecule has 1 aromatic rings. The van der Waals surface area contributed by atoms with Crippen LogP contribution >= 0.6 is 11.3 Å². The SMILES string of the molecule is COCc1nc(N2CCC(C(C)C)C2)sc1CNC1CC1. The Labute approximate surface area is 131 Å². The Morgan fingerprint density at radius 2 is 2.19 bits per heavy atom. The van der Waals surface area contributed by atoms with Crippen LogP contribution in [0.15, 0.2) is 0 Å². The zero-order valence-corrected chi connectivity index (χ0v) is 14.2. The van der Waals surface area contributed by atoms with Gasteiger partial charge in [0.1, 0.15) is 0 Å². The molecule has 0 spiro atoms. The quantitative estimate of drug-likeness (QED) is 0.840. The lowest BCUT2D eigenvalue weighted by Gasteiger charge is -2.16. The maximum atomic E-state index is 5.32. The summed E-state index contributed by atoms with van der Waals surface area (Å²) < 4.78 is 5.32. The molecule has 118 valence electrons. The molecule has 1 unspecified atom stereocenters. The predicted molar refractivity (Wildman–Crippen MR) is 87.8 cm³/mol. The Bertz CT molecular complexity index is 470. The number of nitrogens with zero attached hydrogens (tertiary/aromatic N) is 2. The average molecular weight is 309 g/mol. The first kappa shape index (κ1) is 15.3. The second-order valence-corrected chi connectivity index (χ2v) is 7.76. The van der Waals surface area contributed by atoms with E-state index in [0.29, 0.717) is 6.61 Å². The van der Waals surface area contributed by atoms with E-state index in [-0.39, 0.29) is 0 Å². The monoisotopic (exact) mass is 309 g/mol. The van der Waals surface area contributed by atoms with Crippen molar-refractivity contribution in [3.8, 4) is 0 Å². The summed E-state index contributed by atoms with van der Waals surface area (Å²) in [5.74, 6) is 1.58. The minimum atomic E-state index is 0.625. The maximum absolute atomic E-state index is 5.32. The summed E-state index contributed by atoms with van der Waals surface area (Å²) in [5, 5.41) is 4.79. The van der Waals surface area contributed by atoms with Gasteiger partial charge in [-0.2, -0.15) is 0 Å². The highest BCUT2D eigenvalue weighted by Gasteiger charge is 2.28. The van der Waals surface area contributed by atoms with E-state index in [4.69, 9.17) is 9.72 Å². The van der Waals surface area contributed by atoms with Crippen molar-refractivity contribution in [1.29, 1.82) is 0 Å². The lowest BCUT2D eigenvalue weighted by atomic mass is 9.95. The van der Waals surface area contributed by atoms with Crippen LogP contribution in [0.5, 0.6) is 0 Å². The first-order valence-corrected chi connectivity index (χ1v) is 8.95. The van der Waals surface area contributed by atoms with Gasteiger partial charge in [0, 0.05) is 37.7 Å². The van der Waals surface area contributed by atoms with Crippen LogP contribution in [0.3, 0.4) is 0 Å². The van der Waals surface area contributed by atoms with Crippen LogP contribution in [0.4, 0.5) is 5.13 Å². The number of thiazole rings is 1. The standard InChI is InChI=1S/C16H27N3OS/c1-11(2)12-6-7-19(9-12)16-18-14(10-20-3)15(21-16)8-17-13-4-5-13/h11-13,17H,4-10H2,1-3H3. The lowest BCUT2D eigenvalue weighted by Crippen LogP contribution is -2.21. The predicted octanol–water partition coefficient (Wildman–Crippen LogP) is 3.02. The normalized spacial score (nSPS) is 22.5. The number of hydrogen-bond acceptors (Lipinski definition) is 5. The van der Waals surface area contributed by atoms with Gasteiger partial charge in [0.15, 0.2) is 5.13 Å². The Morgan fingerprint density at radius 1 is 1.38 bits per heavy atom. The number of rotatable bonds is 7. The first-order chi connectivity index (χ1) is 10.2. The molecular weight excluding hydrogens is 282 g/mol. The van der Waals surface area contributed by atoms with Gasteiger partial charge in [0.25, 0.3) is 0 Å². The molecule has 1 aliphatic carbocycles. The molecule has 0 bridgehead atoms. The summed E-state index contributed by atoms with van der Waals surface area (Å²) in [4.78, 5) is 8.67. The first-order valence-electron chi connectivity index (χ1n) is 8.13. The van der Waals surface area contributed by atoms with Crippen LogP contribution in [0.2, 0.25) is 0 Å². The highest BCUT2D eigenvalue weighted by Crippen LogP contribution is 2.33. The number of hydrogen-bond donors (Lipinski definition) is 1. The highest BCUT2D eigenvalue weighted by atomic mass is 32.1. The number of nitrogens with one attached hydrogen (secondary N) is 1. The number of ether oxygens (including phenoxy) is 1. The molecule has 3 rings (SSSR count). The molecule has 2 heterocycles. The molecule has 1 aromatic heterocycles. The van der Waals surface area contributed by atoms with Crippen LogP contribution in [-0.2, 0) is 17.9 Å². The van der Waals surface area contributed by atoms with E-state index in [1.807, 2.05) is 11.3 Å². The van der Waals surface area contributed by atoms with E-state index in [2.05, 4.69) is 24.1 Å². The molecule has 4 nitrogen and oxygen atoms in total. The minimum Gasteiger partial charge on any atom is -0.378 e. The molecule has 5 heteroatoms. The van der Waals surface area contributed by atoms with Gasteiger partial charge in [-0.15, -0.1) is 11.3 Å². The largest absolute Gasteiger partial charge is 0.378 e. The Kier molecular flexibility index (Phi) is 4.82. The van der Waals surface area contributed by atoms with Crippen molar-refractivity contribution < 1.29 is 4.74 Å². The van der Waals surface area contributed by atoms with Crippen LogP contribution < -0.4 is 10.2 Å². The van der Waals surface area contributed by atoms with Gasteiger partial charge in [0.2, 0.25) is 0 Å². The van der Waals surface area contributed by atoms with Crippen molar-refractivity contribution in [2.45, 2.75) is 52.3 Å². The van der Waals surface area contributed by atoms with Crippen molar-refractivity contribution in [3.05, 3.63) is 10.6 Å². The third kappa shape index (κ3) is 3.76. The molecule has 0 aromatic carbocycles. The van der Waals surface area contributed by atoms with Crippen molar-refractivity contribution >= 4 is 16.5 Å². The summed E-state index contributed by atoms with van der Waals surface area (Å²) in [6.45, 7) is 8.54. The Hall–Kier alpha value is -0.650. The summed E-state index contributed by atoms with van der Waals surface area (Å²) in [6.07, 6.45) is 3.95. The van der Waals surface area contributed by atoms with E-state index in [0.717, 1.165) is 43.2 Å². The molecular formula is C16H27N3OS. The molecule has 2 aliphatic rings. The smallest absolute Gasteiger partial charge is 0.185 e. The van der Waals surface area contributed by atoms with Gasteiger partial charge >= 0.3 is 0 Å². The second kappa shape index (κ2) is 6.63. The van der Waals surface area contributed by atoms with Gasteiger partial charge in [0.05, 0.1) is 12.3 Å². The Balaban J connectivity index is 1.68. The van der Waals surface area contributed by atoms with Gasteiger partial charge in [-0.25, -0.2) is 4.98 Å². The zero-order chi connectivity index (χ0) is 14.8. The van der Waals surface area contributed by atoms with Gasteiger partial charge < -0.3 is 15.0 Å². The molecule has 0 amide bonds. The van der Waals surface area contributed by atoms with Crippen LogP contribution in [0, 0.1) is 11.8 Å². The molecule has 1 saturated heterocycles. The van der Waals surface area contributed by atoms with E-state index >= 15 is 0 Å². The number of methoxy groups -OCH3 is 1. The highest BCUT2D eigenvalue weighted by molar-refractivity contribution is 7.15. The summed E-state index contributed by atoms with van der Waals surface area (Å²) in [5.41, 5.74) is 1.12. The van der Waals surface area contributed by atoms with E-state index in [1.54, 1.807) is 7.11 Å². The van der Waals surface area contributed by atoms with Crippen molar-refractivity contribution in [3.63, 3.8) is 0 Å². The fraction of sp³-hybridized carbons (Fsp3) is 0.812. The maximum Gasteiger partial charge on any atom is 0.185 e. The fourth-order valence-electron chi connectivity index (χ4n) is 2.92. The Morgan fingerprint density at radius 3 is 2.81 bits per heavy atom. The molecule has 1 N–H and O–H groups in total. The molecule has 1 saturated carbocycles. The van der Waals surface area contributed by atoms with E-state index in [1.165, 1.54) is 29.3 Å². The third-order valence-corrected chi connectivity index (χ3v) is 5.77. The summed E-state index contributed by atoms with van der Waals surface area (Å²) in [7, 11) is 1.75. The van der Waals surface area contributed by atoms with Crippen molar-refractivity contribution in [2.24, 2.45) is 11.8 Å². The van der Waals surface area contributed by atoms with Crippen molar-refractivity contribution in [2.75, 3.05) is 25.1 Å². The topological polar surface area (TPSA) is 37.4 Å². The van der Waals surface area contributed by atoms with Crippen LogP contribution in [0.1, 0.15) is 43.7 Å². The fourth-order valence-corrected chi connectivity index (χ4v) is 3.97. The zero-order valence-electron chi connectivity index (χ0n) is 13.4. The molecule has 21 heavy (non-hydrogen) atoms. The van der Waals surface area contributed by atoms with E-state index < -0.39 is 0 Å². The van der Waals surface area contributed by atoms with Crippen LogP contribution in [-0.4, -0.2) is 31.2 Å². The summed E-state index contributed by atoms with van der Waals surface area (Å²) in [6, 6.07) is 0.739. The van der Waals surface area contributed by atoms with Gasteiger partial charge in [-0.05, 0) is 31.1 Å². The summed E-state index contributed by atoms with van der Waals surface area (Å²) >= 11 is 1.85. The second-order valence-electron chi connectivity index (χ2n) is 6.69. The number of anilines is 1. The van der Waals surface area contributed by atoms with Crippen LogP contribution in [0.25, 0.3) is 0 Å². The van der Waals surface area contributed by atoms with Gasteiger partial charge in [-0.3, -0.25) is 0 Å². The molecule has 0 radical (unpaired) electrons. The number of aromatic nitrogens is 1.